The Bertz CT molecular complexity index is 307. The first kappa shape index (κ1) is 14.8. The predicted molar refractivity (Wildman–Crippen MR) is 69.4 cm³/mol. The van der Waals surface area contributed by atoms with Crippen LogP contribution in [-0.2, 0) is 4.79 Å². The maximum absolute atomic E-state index is 11.9. The van der Waals surface area contributed by atoms with Gasteiger partial charge in [-0.3, -0.25) is 4.79 Å². The van der Waals surface area contributed by atoms with E-state index in [4.69, 9.17) is 5.11 Å². The van der Waals surface area contributed by atoms with Crippen molar-refractivity contribution in [1.82, 2.24) is 10.2 Å². The van der Waals surface area contributed by atoms with Gasteiger partial charge in [0.25, 0.3) is 0 Å². The molecule has 1 fully saturated rings. The van der Waals surface area contributed by atoms with Crippen LogP contribution in [0, 0.1) is 11.8 Å². The monoisotopic (exact) mass is 256 g/mol. The standard InChI is InChI=1S/C13H24N2O3/c1-4-9(2)8-15(3)13(18)14-11-6-5-10(7-11)12(16)17/h9-11H,4-8H2,1-3H3,(H,14,18)(H,16,17). The van der Waals surface area contributed by atoms with Crippen LogP contribution >= 0.6 is 0 Å². The fourth-order valence-electron chi connectivity index (χ4n) is 2.30. The minimum Gasteiger partial charge on any atom is -0.481 e. The minimum absolute atomic E-state index is 0.0120. The van der Waals surface area contributed by atoms with Crippen LogP contribution in [0.5, 0.6) is 0 Å². The van der Waals surface area contributed by atoms with Crippen LogP contribution in [0.1, 0.15) is 39.5 Å². The van der Waals surface area contributed by atoms with Crippen molar-refractivity contribution in [3.8, 4) is 0 Å². The third kappa shape index (κ3) is 4.20. The Hall–Kier alpha value is -1.26. The Balaban J connectivity index is 2.34. The highest BCUT2D eigenvalue weighted by Crippen LogP contribution is 2.25. The quantitative estimate of drug-likeness (QED) is 0.789. The van der Waals surface area contributed by atoms with Gasteiger partial charge in [0, 0.05) is 19.6 Å². The highest BCUT2D eigenvalue weighted by atomic mass is 16.4. The predicted octanol–water partition coefficient (Wildman–Crippen LogP) is 1.93. The zero-order chi connectivity index (χ0) is 13.7. The molecule has 0 heterocycles. The average molecular weight is 256 g/mol. The number of carboxylic acid groups (broad SMARTS) is 1. The molecule has 0 aromatic carbocycles. The summed E-state index contributed by atoms with van der Waals surface area (Å²) >= 11 is 0. The van der Waals surface area contributed by atoms with Crippen LogP contribution in [0.2, 0.25) is 0 Å². The van der Waals surface area contributed by atoms with E-state index in [1.165, 1.54) is 0 Å². The third-order valence-electron chi connectivity index (χ3n) is 3.74. The Morgan fingerprint density at radius 3 is 2.61 bits per heavy atom. The van der Waals surface area contributed by atoms with Crippen molar-refractivity contribution in [2.24, 2.45) is 11.8 Å². The van der Waals surface area contributed by atoms with Crippen molar-refractivity contribution in [2.45, 2.75) is 45.6 Å². The summed E-state index contributed by atoms with van der Waals surface area (Å²) in [7, 11) is 1.78. The SMILES string of the molecule is CCC(C)CN(C)C(=O)NC1CCC(C(=O)O)C1. The van der Waals surface area contributed by atoms with Crippen molar-refractivity contribution in [1.29, 1.82) is 0 Å². The maximum atomic E-state index is 11.9. The molecular weight excluding hydrogens is 232 g/mol. The summed E-state index contributed by atoms with van der Waals surface area (Å²) in [6.07, 6.45) is 3.02. The number of nitrogens with zero attached hydrogens (tertiary/aromatic N) is 1. The fourth-order valence-corrected chi connectivity index (χ4v) is 2.30. The third-order valence-corrected chi connectivity index (χ3v) is 3.74. The van der Waals surface area contributed by atoms with Crippen molar-refractivity contribution in [2.75, 3.05) is 13.6 Å². The van der Waals surface area contributed by atoms with Gasteiger partial charge in [-0.15, -0.1) is 0 Å². The molecule has 2 amide bonds. The molecule has 0 saturated heterocycles. The summed E-state index contributed by atoms with van der Waals surface area (Å²) < 4.78 is 0. The molecule has 1 aliphatic carbocycles. The van der Waals surface area contributed by atoms with E-state index in [-0.39, 0.29) is 18.0 Å². The number of carbonyl (C=O) groups excluding carboxylic acids is 1. The maximum Gasteiger partial charge on any atom is 0.317 e. The molecule has 0 radical (unpaired) electrons. The fraction of sp³-hybridized carbons (Fsp3) is 0.846. The first-order valence-corrected chi connectivity index (χ1v) is 6.68. The summed E-state index contributed by atoms with van der Waals surface area (Å²) in [5, 5.41) is 11.8. The number of urea groups is 1. The van der Waals surface area contributed by atoms with Gasteiger partial charge in [-0.05, 0) is 25.2 Å². The zero-order valence-corrected chi connectivity index (χ0v) is 11.5. The van der Waals surface area contributed by atoms with Gasteiger partial charge in [-0.25, -0.2) is 4.79 Å². The smallest absolute Gasteiger partial charge is 0.317 e. The largest absolute Gasteiger partial charge is 0.481 e. The van der Waals surface area contributed by atoms with E-state index in [2.05, 4.69) is 19.2 Å². The first-order chi connectivity index (χ1) is 8.43. The number of carboxylic acids is 1. The van der Waals surface area contributed by atoms with Gasteiger partial charge < -0.3 is 15.3 Å². The lowest BCUT2D eigenvalue weighted by Gasteiger charge is -2.23. The molecule has 1 saturated carbocycles. The second-order valence-corrected chi connectivity index (χ2v) is 5.39. The van der Waals surface area contributed by atoms with Gasteiger partial charge in [-0.1, -0.05) is 20.3 Å². The number of nitrogens with one attached hydrogen (secondary N) is 1. The molecule has 104 valence electrons. The molecule has 0 bridgehead atoms. The molecule has 0 aromatic rings. The van der Waals surface area contributed by atoms with Crippen LogP contribution in [0.15, 0.2) is 0 Å². The number of hydrogen-bond acceptors (Lipinski definition) is 2. The first-order valence-electron chi connectivity index (χ1n) is 6.68. The lowest BCUT2D eigenvalue weighted by Crippen LogP contribution is -2.43. The summed E-state index contributed by atoms with van der Waals surface area (Å²) in [5.74, 6) is -0.564. The van der Waals surface area contributed by atoms with Gasteiger partial charge in [0.05, 0.1) is 5.92 Å². The second-order valence-electron chi connectivity index (χ2n) is 5.39. The van der Waals surface area contributed by atoms with Crippen LogP contribution in [0.3, 0.4) is 0 Å². The molecule has 0 aliphatic heterocycles. The van der Waals surface area contributed by atoms with Gasteiger partial charge in [0.2, 0.25) is 0 Å². The van der Waals surface area contributed by atoms with E-state index in [9.17, 15) is 9.59 Å². The van der Waals surface area contributed by atoms with Crippen molar-refractivity contribution >= 4 is 12.0 Å². The summed E-state index contributed by atoms with van der Waals surface area (Å²) in [6.45, 7) is 4.95. The normalized spacial score (nSPS) is 24.6. The summed E-state index contributed by atoms with van der Waals surface area (Å²) in [6, 6.07) is -0.0793. The Kier molecular flexibility index (Phi) is 5.44. The molecule has 5 heteroatoms. The molecule has 3 unspecified atom stereocenters. The zero-order valence-electron chi connectivity index (χ0n) is 11.5. The highest BCUT2D eigenvalue weighted by molar-refractivity contribution is 5.75. The number of aliphatic carboxylic acids is 1. The molecule has 1 aliphatic rings. The minimum atomic E-state index is -0.750. The van der Waals surface area contributed by atoms with Crippen LogP contribution in [0.4, 0.5) is 4.79 Å². The number of carbonyl (C=O) groups is 2. The number of amides is 2. The van der Waals surface area contributed by atoms with Gasteiger partial charge >= 0.3 is 12.0 Å². The van der Waals surface area contributed by atoms with Crippen LogP contribution < -0.4 is 5.32 Å². The Morgan fingerprint density at radius 1 is 1.44 bits per heavy atom. The number of hydrogen-bond donors (Lipinski definition) is 2. The molecular formula is C13H24N2O3. The lowest BCUT2D eigenvalue weighted by molar-refractivity contribution is -0.141. The van der Waals surface area contributed by atoms with E-state index in [1.54, 1.807) is 11.9 Å². The molecule has 3 atom stereocenters. The molecule has 0 aromatic heterocycles. The number of rotatable bonds is 5. The highest BCUT2D eigenvalue weighted by Gasteiger charge is 2.31. The Morgan fingerprint density at radius 2 is 2.11 bits per heavy atom. The van der Waals surface area contributed by atoms with E-state index in [1.807, 2.05) is 0 Å². The Labute approximate surface area is 109 Å². The van der Waals surface area contributed by atoms with E-state index in [0.29, 0.717) is 18.8 Å². The van der Waals surface area contributed by atoms with E-state index >= 15 is 0 Å². The second kappa shape index (κ2) is 6.61. The van der Waals surface area contributed by atoms with Crippen molar-refractivity contribution in [3.63, 3.8) is 0 Å². The summed E-state index contributed by atoms with van der Waals surface area (Å²) in [4.78, 5) is 24.4. The molecule has 2 N–H and O–H groups in total. The van der Waals surface area contributed by atoms with Gasteiger partial charge in [-0.2, -0.15) is 0 Å². The van der Waals surface area contributed by atoms with Gasteiger partial charge in [0.15, 0.2) is 0 Å². The molecule has 1 rings (SSSR count). The molecule has 5 nitrogen and oxygen atoms in total. The average Bonchev–Trinajstić information content (AvgIpc) is 2.77. The lowest BCUT2D eigenvalue weighted by atomic mass is 10.1. The van der Waals surface area contributed by atoms with E-state index in [0.717, 1.165) is 19.4 Å². The van der Waals surface area contributed by atoms with E-state index < -0.39 is 5.97 Å². The van der Waals surface area contributed by atoms with Crippen LogP contribution in [0.25, 0.3) is 0 Å². The molecule has 0 spiro atoms. The van der Waals surface area contributed by atoms with Crippen LogP contribution in [-0.4, -0.2) is 41.6 Å². The van der Waals surface area contributed by atoms with Crippen molar-refractivity contribution in [3.05, 3.63) is 0 Å². The summed E-state index contributed by atoms with van der Waals surface area (Å²) in [5.41, 5.74) is 0. The molecule has 18 heavy (non-hydrogen) atoms. The van der Waals surface area contributed by atoms with Crippen molar-refractivity contribution < 1.29 is 14.7 Å². The van der Waals surface area contributed by atoms with Gasteiger partial charge in [0.1, 0.15) is 0 Å². The topological polar surface area (TPSA) is 69.6 Å².